The third-order valence-electron chi connectivity index (χ3n) is 4.03. The minimum Gasteiger partial charge on any atom is -0.379 e. The summed E-state index contributed by atoms with van der Waals surface area (Å²) >= 11 is 3.60. The number of halogens is 1. The van der Waals surface area contributed by atoms with E-state index in [4.69, 9.17) is 4.74 Å². The first-order valence-corrected chi connectivity index (χ1v) is 7.84. The average Bonchev–Trinajstić information content (AvgIpc) is 2.98. The number of nitrogens with one attached hydrogen (secondary N) is 1. The zero-order chi connectivity index (χ0) is 13.9. The van der Waals surface area contributed by atoms with E-state index in [0.29, 0.717) is 6.04 Å². The summed E-state index contributed by atoms with van der Waals surface area (Å²) < 4.78 is 6.38. The molecular weight excluding hydrogens is 322 g/mol. The van der Waals surface area contributed by atoms with Crippen molar-refractivity contribution < 1.29 is 4.74 Å². The van der Waals surface area contributed by atoms with Gasteiger partial charge in [-0.15, -0.1) is 0 Å². The third kappa shape index (κ3) is 2.75. The van der Waals surface area contributed by atoms with Gasteiger partial charge < -0.3 is 15.0 Å². The fourth-order valence-electron chi connectivity index (χ4n) is 2.93. The molecule has 1 aromatic rings. The average molecular weight is 342 g/mol. The van der Waals surface area contributed by atoms with Crippen LogP contribution < -0.4 is 10.2 Å². The molecule has 2 aliphatic rings. The maximum absolute atomic E-state index is 5.43. The van der Waals surface area contributed by atoms with Gasteiger partial charge in [-0.3, -0.25) is 4.90 Å². The van der Waals surface area contributed by atoms with Crippen LogP contribution in [0.4, 0.5) is 11.6 Å². The Morgan fingerprint density at radius 3 is 2.85 bits per heavy atom. The number of rotatable bonds is 3. The SMILES string of the molecule is CNc1ncnc(N2CCC(N3CCOCC3)C2)c1Br. The van der Waals surface area contributed by atoms with Gasteiger partial charge in [-0.1, -0.05) is 0 Å². The second kappa shape index (κ2) is 6.24. The predicted octanol–water partition coefficient (Wildman–Crippen LogP) is 1.19. The van der Waals surface area contributed by atoms with Crippen LogP contribution in [0.1, 0.15) is 6.42 Å². The topological polar surface area (TPSA) is 53.5 Å². The van der Waals surface area contributed by atoms with E-state index < -0.39 is 0 Å². The summed E-state index contributed by atoms with van der Waals surface area (Å²) in [6.07, 6.45) is 2.80. The molecule has 2 fully saturated rings. The molecule has 110 valence electrons. The standard InChI is InChI=1S/C13H20BrN5O/c1-15-12-11(14)13(17-9-16-12)19-3-2-10(8-19)18-4-6-20-7-5-18/h9-10H,2-8H2,1H3,(H,15,16,17). The summed E-state index contributed by atoms with van der Waals surface area (Å²) in [6.45, 7) is 5.88. The Morgan fingerprint density at radius 2 is 2.10 bits per heavy atom. The van der Waals surface area contributed by atoms with Gasteiger partial charge in [-0.05, 0) is 22.4 Å². The molecule has 0 amide bonds. The van der Waals surface area contributed by atoms with Crippen LogP contribution in [0.3, 0.4) is 0 Å². The maximum atomic E-state index is 5.43. The van der Waals surface area contributed by atoms with Crippen molar-refractivity contribution in [3.05, 3.63) is 10.8 Å². The number of aromatic nitrogens is 2. The van der Waals surface area contributed by atoms with E-state index in [0.717, 1.165) is 55.5 Å². The van der Waals surface area contributed by atoms with Crippen LogP contribution in [-0.4, -0.2) is 67.4 Å². The number of hydrogen-bond acceptors (Lipinski definition) is 6. The smallest absolute Gasteiger partial charge is 0.148 e. The van der Waals surface area contributed by atoms with Gasteiger partial charge in [0.05, 0.1) is 13.2 Å². The Morgan fingerprint density at radius 1 is 1.30 bits per heavy atom. The minimum absolute atomic E-state index is 0.610. The lowest BCUT2D eigenvalue weighted by Gasteiger charge is -2.32. The van der Waals surface area contributed by atoms with E-state index in [9.17, 15) is 0 Å². The van der Waals surface area contributed by atoms with Gasteiger partial charge in [0.15, 0.2) is 0 Å². The van der Waals surface area contributed by atoms with Gasteiger partial charge in [0.1, 0.15) is 22.4 Å². The molecule has 0 saturated carbocycles. The van der Waals surface area contributed by atoms with E-state index in [1.165, 1.54) is 6.42 Å². The normalized spacial score (nSPS) is 24.1. The van der Waals surface area contributed by atoms with Crippen molar-refractivity contribution in [2.24, 2.45) is 0 Å². The van der Waals surface area contributed by atoms with Gasteiger partial charge in [-0.2, -0.15) is 0 Å². The lowest BCUT2D eigenvalue weighted by atomic mass is 10.2. The highest BCUT2D eigenvalue weighted by Crippen LogP contribution is 2.32. The fourth-order valence-corrected chi connectivity index (χ4v) is 3.58. The van der Waals surface area contributed by atoms with Crippen molar-refractivity contribution in [2.45, 2.75) is 12.5 Å². The molecule has 7 heteroatoms. The molecule has 1 aromatic heterocycles. The molecule has 0 aromatic carbocycles. The molecule has 6 nitrogen and oxygen atoms in total. The lowest BCUT2D eigenvalue weighted by Crippen LogP contribution is -2.44. The minimum atomic E-state index is 0.610. The van der Waals surface area contributed by atoms with Gasteiger partial charge in [-0.25, -0.2) is 9.97 Å². The second-order valence-corrected chi connectivity index (χ2v) is 5.94. The summed E-state index contributed by atoms with van der Waals surface area (Å²) in [5.41, 5.74) is 0. The van der Waals surface area contributed by atoms with Crippen LogP contribution in [0, 0.1) is 0 Å². The van der Waals surface area contributed by atoms with Crippen molar-refractivity contribution in [3.63, 3.8) is 0 Å². The van der Waals surface area contributed by atoms with Crippen molar-refractivity contribution >= 4 is 27.6 Å². The highest BCUT2D eigenvalue weighted by Gasteiger charge is 2.30. The Balaban J connectivity index is 1.70. The maximum Gasteiger partial charge on any atom is 0.148 e. The van der Waals surface area contributed by atoms with Crippen molar-refractivity contribution in [1.29, 1.82) is 0 Å². The molecule has 3 rings (SSSR count). The van der Waals surface area contributed by atoms with Crippen LogP contribution in [-0.2, 0) is 4.74 Å². The molecule has 3 heterocycles. The molecule has 1 unspecified atom stereocenters. The van der Waals surface area contributed by atoms with Gasteiger partial charge in [0.2, 0.25) is 0 Å². The predicted molar refractivity (Wildman–Crippen MR) is 82.3 cm³/mol. The molecule has 0 bridgehead atoms. The van der Waals surface area contributed by atoms with Crippen molar-refractivity contribution in [1.82, 2.24) is 14.9 Å². The fraction of sp³-hybridized carbons (Fsp3) is 0.692. The third-order valence-corrected chi connectivity index (χ3v) is 4.76. The molecule has 2 aliphatic heterocycles. The van der Waals surface area contributed by atoms with E-state index in [1.54, 1.807) is 6.33 Å². The number of hydrogen-bond donors (Lipinski definition) is 1. The summed E-state index contributed by atoms with van der Waals surface area (Å²) in [5, 5.41) is 3.08. The van der Waals surface area contributed by atoms with Crippen LogP contribution in [0.25, 0.3) is 0 Å². The number of morpholine rings is 1. The molecule has 0 spiro atoms. The Bertz CT molecular complexity index is 466. The van der Waals surface area contributed by atoms with E-state index in [1.807, 2.05) is 7.05 Å². The lowest BCUT2D eigenvalue weighted by molar-refractivity contribution is 0.0209. The summed E-state index contributed by atoms with van der Waals surface area (Å²) in [6, 6.07) is 0.610. The summed E-state index contributed by atoms with van der Waals surface area (Å²) in [4.78, 5) is 13.5. The monoisotopic (exact) mass is 341 g/mol. The molecule has 0 aliphatic carbocycles. The van der Waals surface area contributed by atoms with Gasteiger partial charge in [0.25, 0.3) is 0 Å². The zero-order valence-corrected chi connectivity index (χ0v) is 13.3. The first-order valence-electron chi connectivity index (χ1n) is 7.04. The van der Waals surface area contributed by atoms with Gasteiger partial charge >= 0.3 is 0 Å². The Labute approximate surface area is 127 Å². The molecular formula is C13H20BrN5O. The van der Waals surface area contributed by atoms with Gasteiger partial charge in [0, 0.05) is 39.3 Å². The largest absolute Gasteiger partial charge is 0.379 e. The molecule has 1 N–H and O–H groups in total. The van der Waals surface area contributed by atoms with Crippen molar-refractivity contribution in [3.8, 4) is 0 Å². The van der Waals surface area contributed by atoms with Crippen molar-refractivity contribution in [2.75, 3.05) is 56.7 Å². The molecule has 2 saturated heterocycles. The van der Waals surface area contributed by atoms with Crippen LogP contribution in [0.15, 0.2) is 10.8 Å². The van der Waals surface area contributed by atoms with E-state index >= 15 is 0 Å². The molecule has 0 radical (unpaired) electrons. The first-order chi connectivity index (χ1) is 9.79. The number of anilines is 2. The Kier molecular flexibility index (Phi) is 4.38. The number of ether oxygens (including phenoxy) is 1. The summed E-state index contributed by atoms with van der Waals surface area (Å²) in [7, 11) is 1.87. The Hall–Kier alpha value is -0.920. The highest BCUT2D eigenvalue weighted by molar-refractivity contribution is 9.10. The zero-order valence-electron chi connectivity index (χ0n) is 11.7. The van der Waals surface area contributed by atoms with Crippen LogP contribution >= 0.6 is 15.9 Å². The van der Waals surface area contributed by atoms with E-state index in [-0.39, 0.29) is 0 Å². The number of nitrogens with zero attached hydrogens (tertiary/aromatic N) is 4. The van der Waals surface area contributed by atoms with Crippen LogP contribution in [0.5, 0.6) is 0 Å². The first kappa shape index (κ1) is 14.0. The molecule has 1 atom stereocenters. The quantitative estimate of drug-likeness (QED) is 0.891. The van der Waals surface area contributed by atoms with Crippen LogP contribution in [0.2, 0.25) is 0 Å². The van der Waals surface area contributed by atoms with E-state index in [2.05, 4.69) is 41.0 Å². The molecule has 20 heavy (non-hydrogen) atoms. The second-order valence-electron chi connectivity index (χ2n) is 5.15. The highest BCUT2D eigenvalue weighted by atomic mass is 79.9. The summed E-state index contributed by atoms with van der Waals surface area (Å²) in [5.74, 6) is 1.82.